The van der Waals surface area contributed by atoms with Crippen molar-refractivity contribution in [2.45, 2.75) is 83.0 Å². The van der Waals surface area contributed by atoms with Crippen LogP contribution in [0.2, 0.25) is 0 Å². The van der Waals surface area contributed by atoms with Crippen molar-refractivity contribution in [2.24, 2.45) is 5.92 Å². The molecule has 1 aromatic rings. The summed E-state index contributed by atoms with van der Waals surface area (Å²) in [5, 5.41) is 12.9. The van der Waals surface area contributed by atoms with Gasteiger partial charge in [0.2, 0.25) is 5.91 Å². The molecule has 1 aliphatic heterocycles. The summed E-state index contributed by atoms with van der Waals surface area (Å²) in [7, 11) is 0. The highest BCUT2D eigenvalue weighted by Gasteiger charge is 2.48. The molecule has 0 radical (unpaired) electrons. The number of carbonyl (C=O) groups excluding carboxylic acids is 2. The highest BCUT2D eigenvalue weighted by atomic mass is 35.5. The van der Waals surface area contributed by atoms with Gasteiger partial charge in [0, 0.05) is 6.04 Å². The minimum Gasteiger partial charge on any atom is -0.480 e. The van der Waals surface area contributed by atoms with Gasteiger partial charge in [-0.3, -0.25) is 14.9 Å². The van der Waals surface area contributed by atoms with Crippen LogP contribution in [-0.4, -0.2) is 58.6 Å². The van der Waals surface area contributed by atoms with Gasteiger partial charge in [-0.05, 0) is 57.4 Å². The molecule has 1 heterocycles. The fraction of sp³-hybridized carbons (Fsp3) is 0.625. The predicted molar refractivity (Wildman–Crippen MR) is 124 cm³/mol. The number of benzene rings is 1. The molecule has 8 heteroatoms. The summed E-state index contributed by atoms with van der Waals surface area (Å²) in [5.74, 6) is -1.31. The number of ether oxygens (including phenoxy) is 1. The summed E-state index contributed by atoms with van der Waals surface area (Å²) < 4.78 is 5.22. The van der Waals surface area contributed by atoms with E-state index in [0.29, 0.717) is 19.3 Å². The van der Waals surface area contributed by atoms with Gasteiger partial charge in [-0.15, -0.1) is 12.4 Å². The van der Waals surface area contributed by atoms with Gasteiger partial charge in [-0.1, -0.05) is 43.2 Å². The molecule has 1 amide bonds. The van der Waals surface area contributed by atoms with Gasteiger partial charge in [0.25, 0.3) is 0 Å². The van der Waals surface area contributed by atoms with Crippen molar-refractivity contribution >= 4 is 30.3 Å². The molecule has 32 heavy (non-hydrogen) atoms. The van der Waals surface area contributed by atoms with Crippen molar-refractivity contribution in [1.82, 2.24) is 10.2 Å². The number of aliphatic carboxylic acids is 1. The standard InChI is InChI=1S/C24H34N2O5.ClH/c1-3-31-24(30)19(14-13-17-9-5-4-6-10-17)25-16(2)22(27)26-20-12-8-7-11-18(20)15-21(26)23(28)29;/h4-6,9-10,16,18-21,25H,3,7-8,11-15H2,1-2H3,(H,28,29);1H/t16-,18+,19-,20-,21-;/m0./s1. The summed E-state index contributed by atoms with van der Waals surface area (Å²) in [6.07, 6.45) is 5.62. The SMILES string of the molecule is CCOC(=O)[C@H](CCc1ccccc1)N[C@@H](C)C(=O)N1[C@H](C(=O)O)C[C@H]2CCCC[C@@H]21.Cl. The van der Waals surface area contributed by atoms with Gasteiger partial charge < -0.3 is 14.7 Å². The number of hydrogen-bond donors (Lipinski definition) is 2. The second kappa shape index (κ2) is 12.2. The maximum Gasteiger partial charge on any atom is 0.326 e. The van der Waals surface area contributed by atoms with Gasteiger partial charge in [-0.2, -0.15) is 0 Å². The summed E-state index contributed by atoms with van der Waals surface area (Å²) >= 11 is 0. The fourth-order valence-corrected chi connectivity index (χ4v) is 5.06. The molecule has 0 bridgehead atoms. The van der Waals surface area contributed by atoms with Crippen LogP contribution < -0.4 is 5.32 Å². The van der Waals surface area contributed by atoms with Gasteiger partial charge in [0.1, 0.15) is 12.1 Å². The smallest absolute Gasteiger partial charge is 0.326 e. The lowest BCUT2D eigenvalue weighted by Crippen LogP contribution is -2.55. The molecule has 1 aromatic carbocycles. The zero-order valence-electron chi connectivity index (χ0n) is 18.9. The number of halogens is 1. The number of esters is 1. The number of hydrogen-bond acceptors (Lipinski definition) is 5. The highest BCUT2D eigenvalue weighted by Crippen LogP contribution is 2.40. The lowest BCUT2D eigenvalue weighted by atomic mass is 9.84. The molecule has 3 rings (SSSR count). The number of aryl methyl sites for hydroxylation is 1. The van der Waals surface area contributed by atoms with E-state index < -0.39 is 24.1 Å². The molecule has 5 atom stereocenters. The first-order valence-corrected chi connectivity index (χ1v) is 11.4. The van der Waals surface area contributed by atoms with E-state index in [1.165, 1.54) is 0 Å². The van der Waals surface area contributed by atoms with Crippen LogP contribution in [0.1, 0.15) is 57.9 Å². The van der Waals surface area contributed by atoms with Crippen LogP contribution in [0.25, 0.3) is 0 Å². The largest absolute Gasteiger partial charge is 0.480 e. The number of rotatable bonds is 9. The van der Waals surface area contributed by atoms with E-state index in [1.807, 2.05) is 30.3 Å². The second-order valence-corrected chi connectivity index (χ2v) is 8.66. The van der Waals surface area contributed by atoms with Crippen molar-refractivity contribution in [3.63, 3.8) is 0 Å². The second-order valence-electron chi connectivity index (χ2n) is 8.66. The maximum atomic E-state index is 13.4. The van der Waals surface area contributed by atoms with Gasteiger partial charge in [0.15, 0.2) is 0 Å². The zero-order chi connectivity index (χ0) is 22.4. The van der Waals surface area contributed by atoms with Crippen molar-refractivity contribution < 1.29 is 24.2 Å². The molecule has 0 spiro atoms. The molecule has 0 aromatic heterocycles. The zero-order valence-corrected chi connectivity index (χ0v) is 19.7. The first-order chi connectivity index (χ1) is 14.9. The third-order valence-electron chi connectivity index (χ3n) is 6.58. The summed E-state index contributed by atoms with van der Waals surface area (Å²) in [6, 6.07) is 7.75. The summed E-state index contributed by atoms with van der Waals surface area (Å²) in [6.45, 7) is 3.74. The van der Waals surface area contributed by atoms with E-state index in [0.717, 1.165) is 31.2 Å². The first kappa shape index (κ1) is 26.1. The Balaban J connectivity index is 0.00000363. The monoisotopic (exact) mass is 466 g/mol. The van der Waals surface area contributed by atoms with Gasteiger partial charge >= 0.3 is 11.9 Å². The Hall–Kier alpha value is -2.12. The first-order valence-electron chi connectivity index (χ1n) is 11.4. The molecule has 1 saturated heterocycles. The number of carboxylic acids is 1. The fourth-order valence-electron chi connectivity index (χ4n) is 5.06. The molecular formula is C24H35ClN2O5. The molecule has 1 aliphatic carbocycles. The Kier molecular flexibility index (Phi) is 9.97. The molecule has 178 valence electrons. The minimum atomic E-state index is -0.944. The topological polar surface area (TPSA) is 95.9 Å². The number of fused-ring (bicyclic) bond motifs is 1. The van der Waals surface area contributed by atoms with E-state index >= 15 is 0 Å². The normalized spacial score (nSPS) is 24.1. The molecule has 1 saturated carbocycles. The van der Waals surface area contributed by atoms with Crippen molar-refractivity contribution in [2.75, 3.05) is 6.61 Å². The van der Waals surface area contributed by atoms with E-state index in [4.69, 9.17) is 4.74 Å². The van der Waals surface area contributed by atoms with Crippen LogP contribution >= 0.6 is 12.4 Å². The Bertz CT molecular complexity index is 775. The number of amides is 1. The third kappa shape index (κ3) is 6.23. The number of nitrogens with one attached hydrogen (secondary N) is 1. The Morgan fingerprint density at radius 1 is 1.19 bits per heavy atom. The quantitative estimate of drug-likeness (QED) is 0.542. The average molecular weight is 467 g/mol. The predicted octanol–water partition coefficient (Wildman–Crippen LogP) is 3.20. The summed E-state index contributed by atoms with van der Waals surface area (Å²) in [4.78, 5) is 39.3. The van der Waals surface area contributed by atoms with Gasteiger partial charge in [0.05, 0.1) is 12.6 Å². The van der Waals surface area contributed by atoms with Crippen molar-refractivity contribution in [1.29, 1.82) is 0 Å². The van der Waals surface area contributed by atoms with E-state index in [2.05, 4.69) is 5.32 Å². The van der Waals surface area contributed by atoms with Crippen LogP contribution in [0.15, 0.2) is 30.3 Å². The molecular weight excluding hydrogens is 432 g/mol. The van der Waals surface area contributed by atoms with E-state index in [9.17, 15) is 19.5 Å². The molecule has 0 unspecified atom stereocenters. The number of carbonyl (C=O) groups is 3. The average Bonchev–Trinajstić information content (AvgIpc) is 3.16. The van der Waals surface area contributed by atoms with Crippen LogP contribution in [0.4, 0.5) is 0 Å². The Labute approximate surface area is 196 Å². The maximum absolute atomic E-state index is 13.4. The van der Waals surface area contributed by atoms with E-state index in [-0.39, 0.29) is 42.9 Å². The minimum absolute atomic E-state index is 0. The van der Waals surface area contributed by atoms with E-state index in [1.54, 1.807) is 18.7 Å². The number of likely N-dealkylation sites (tertiary alicyclic amines) is 1. The lowest BCUT2D eigenvalue weighted by molar-refractivity contribution is -0.152. The number of carboxylic acid groups (broad SMARTS) is 1. The van der Waals surface area contributed by atoms with Crippen LogP contribution in [-0.2, 0) is 25.5 Å². The third-order valence-corrected chi connectivity index (χ3v) is 6.58. The summed E-state index contributed by atoms with van der Waals surface area (Å²) in [5.41, 5.74) is 1.10. The molecule has 2 aliphatic rings. The molecule has 2 N–H and O–H groups in total. The molecule has 7 nitrogen and oxygen atoms in total. The Morgan fingerprint density at radius 3 is 2.53 bits per heavy atom. The van der Waals surface area contributed by atoms with Crippen LogP contribution in [0, 0.1) is 5.92 Å². The molecule has 2 fully saturated rings. The Morgan fingerprint density at radius 2 is 1.88 bits per heavy atom. The van der Waals surface area contributed by atoms with Gasteiger partial charge in [-0.25, -0.2) is 4.79 Å². The highest BCUT2D eigenvalue weighted by molar-refractivity contribution is 5.88. The van der Waals surface area contributed by atoms with Crippen molar-refractivity contribution in [3.8, 4) is 0 Å². The van der Waals surface area contributed by atoms with Crippen LogP contribution in [0.3, 0.4) is 0 Å². The lowest BCUT2D eigenvalue weighted by Gasteiger charge is -2.35. The number of nitrogens with zero attached hydrogens (tertiary/aromatic N) is 1. The van der Waals surface area contributed by atoms with Crippen molar-refractivity contribution in [3.05, 3.63) is 35.9 Å². The van der Waals surface area contributed by atoms with Crippen LogP contribution in [0.5, 0.6) is 0 Å².